The molecule has 3 aromatic rings. The lowest BCUT2D eigenvalue weighted by molar-refractivity contribution is 0.101. The lowest BCUT2D eigenvalue weighted by atomic mass is 10.1. The van der Waals surface area contributed by atoms with Gasteiger partial charge in [-0.1, -0.05) is 36.4 Å². The molecule has 6 nitrogen and oxygen atoms in total. The van der Waals surface area contributed by atoms with E-state index in [0.29, 0.717) is 22.5 Å². The van der Waals surface area contributed by atoms with Crippen molar-refractivity contribution in [3.8, 4) is 11.3 Å². The smallest absolute Gasteiger partial charge is 0.278 e. The zero-order valence-corrected chi connectivity index (χ0v) is 13.6. The van der Waals surface area contributed by atoms with Crippen molar-refractivity contribution in [3.63, 3.8) is 0 Å². The summed E-state index contributed by atoms with van der Waals surface area (Å²) in [7, 11) is 0. The molecule has 3 N–H and O–H groups in total. The van der Waals surface area contributed by atoms with Gasteiger partial charge in [-0.3, -0.25) is 9.59 Å². The van der Waals surface area contributed by atoms with Crippen LogP contribution in [0.2, 0.25) is 0 Å². The molecule has 2 aromatic carbocycles. The molecule has 0 saturated heterocycles. The van der Waals surface area contributed by atoms with Gasteiger partial charge < -0.3 is 11.1 Å². The number of ketones is 1. The van der Waals surface area contributed by atoms with Crippen LogP contribution in [0.25, 0.3) is 11.3 Å². The summed E-state index contributed by atoms with van der Waals surface area (Å²) in [5.41, 5.74) is 8.20. The molecule has 1 heterocycles. The van der Waals surface area contributed by atoms with E-state index in [1.54, 1.807) is 36.4 Å². The molecule has 0 spiro atoms. The number of para-hydroxylation sites is 1. The normalized spacial score (nSPS) is 10.3. The number of amides is 1. The highest BCUT2D eigenvalue weighted by atomic mass is 16.2. The van der Waals surface area contributed by atoms with Gasteiger partial charge in [-0.2, -0.15) is 0 Å². The van der Waals surface area contributed by atoms with Crippen LogP contribution in [0.4, 0.5) is 11.5 Å². The van der Waals surface area contributed by atoms with E-state index in [1.807, 2.05) is 18.2 Å². The molecule has 0 fully saturated rings. The number of nitrogens with one attached hydrogen (secondary N) is 1. The summed E-state index contributed by atoms with van der Waals surface area (Å²) in [5, 5.41) is 2.73. The summed E-state index contributed by atoms with van der Waals surface area (Å²) in [6.45, 7) is 1.49. The Hall–Kier alpha value is -3.54. The van der Waals surface area contributed by atoms with Crippen molar-refractivity contribution in [1.29, 1.82) is 0 Å². The minimum absolute atomic E-state index is 0.0366. The second kappa shape index (κ2) is 6.92. The van der Waals surface area contributed by atoms with Gasteiger partial charge in [0.1, 0.15) is 0 Å². The number of benzene rings is 2. The molecule has 6 heteroatoms. The first-order valence-electron chi connectivity index (χ1n) is 7.65. The van der Waals surface area contributed by atoms with Crippen molar-refractivity contribution in [2.45, 2.75) is 6.92 Å². The largest absolute Gasteiger partial charge is 0.382 e. The van der Waals surface area contributed by atoms with Crippen molar-refractivity contribution >= 4 is 23.2 Å². The molecule has 0 radical (unpaired) electrons. The molecular formula is C19H16N4O2. The number of carbonyl (C=O) groups is 2. The monoisotopic (exact) mass is 332 g/mol. The number of hydrogen-bond donors (Lipinski definition) is 2. The number of nitrogens with two attached hydrogens (primary N) is 1. The second-order valence-electron chi connectivity index (χ2n) is 5.45. The van der Waals surface area contributed by atoms with Gasteiger partial charge >= 0.3 is 0 Å². The third-order valence-corrected chi connectivity index (χ3v) is 3.61. The van der Waals surface area contributed by atoms with Crippen molar-refractivity contribution in [2.75, 3.05) is 11.1 Å². The van der Waals surface area contributed by atoms with Gasteiger partial charge in [0.2, 0.25) is 0 Å². The Balaban J connectivity index is 1.94. The van der Waals surface area contributed by atoms with Crippen LogP contribution < -0.4 is 11.1 Å². The zero-order chi connectivity index (χ0) is 17.8. The molecule has 0 aliphatic rings. The van der Waals surface area contributed by atoms with E-state index in [1.165, 1.54) is 13.1 Å². The van der Waals surface area contributed by atoms with Crippen LogP contribution >= 0.6 is 0 Å². The molecule has 0 saturated carbocycles. The fraction of sp³-hybridized carbons (Fsp3) is 0.0526. The summed E-state index contributed by atoms with van der Waals surface area (Å²) in [5.74, 6) is -0.451. The van der Waals surface area contributed by atoms with Gasteiger partial charge in [-0.25, -0.2) is 9.97 Å². The summed E-state index contributed by atoms with van der Waals surface area (Å²) < 4.78 is 0. The minimum Gasteiger partial charge on any atom is -0.382 e. The van der Waals surface area contributed by atoms with Crippen LogP contribution in [0.3, 0.4) is 0 Å². The Kier molecular flexibility index (Phi) is 4.52. The average molecular weight is 332 g/mol. The third-order valence-electron chi connectivity index (χ3n) is 3.61. The number of rotatable bonds is 4. The van der Waals surface area contributed by atoms with Crippen molar-refractivity contribution in [1.82, 2.24) is 9.97 Å². The lowest BCUT2D eigenvalue weighted by Crippen LogP contribution is -2.17. The number of nitrogen functional groups attached to an aromatic ring is 1. The second-order valence-corrected chi connectivity index (χ2v) is 5.45. The van der Waals surface area contributed by atoms with E-state index in [4.69, 9.17) is 5.73 Å². The van der Waals surface area contributed by atoms with Crippen LogP contribution in [0.1, 0.15) is 27.8 Å². The standard InChI is InChI=1S/C19H16N4O2/c1-12(24)13-6-5-7-14(10-13)16-11-21-18(20)17(23-16)19(25)22-15-8-3-2-4-9-15/h2-11H,1H3,(H2,20,21)(H,22,25). The van der Waals surface area contributed by atoms with Gasteiger partial charge in [0, 0.05) is 16.8 Å². The molecule has 0 unspecified atom stereocenters. The molecular weight excluding hydrogens is 316 g/mol. The Bertz CT molecular complexity index is 939. The zero-order valence-electron chi connectivity index (χ0n) is 13.6. The first kappa shape index (κ1) is 16.3. The quantitative estimate of drug-likeness (QED) is 0.715. The van der Waals surface area contributed by atoms with Crippen LogP contribution in [0.15, 0.2) is 60.8 Å². The van der Waals surface area contributed by atoms with Crippen molar-refractivity contribution in [3.05, 3.63) is 72.1 Å². The van der Waals surface area contributed by atoms with Gasteiger partial charge in [-0.15, -0.1) is 0 Å². The molecule has 1 aromatic heterocycles. The highest BCUT2D eigenvalue weighted by Crippen LogP contribution is 2.20. The molecule has 25 heavy (non-hydrogen) atoms. The van der Waals surface area contributed by atoms with Gasteiger partial charge in [0.05, 0.1) is 11.9 Å². The molecule has 1 amide bonds. The number of hydrogen-bond acceptors (Lipinski definition) is 5. The van der Waals surface area contributed by atoms with Crippen LogP contribution in [0, 0.1) is 0 Å². The number of Topliss-reactive ketones (excluding diaryl/α,β-unsaturated/α-hetero) is 1. The van der Waals surface area contributed by atoms with E-state index in [2.05, 4.69) is 15.3 Å². The summed E-state index contributed by atoms with van der Waals surface area (Å²) >= 11 is 0. The Morgan fingerprint density at radius 2 is 1.80 bits per heavy atom. The first-order chi connectivity index (χ1) is 12.0. The molecule has 0 atom stereocenters. The van der Waals surface area contributed by atoms with Gasteiger partial charge in [-0.05, 0) is 25.1 Å². The van der Waals surface area contributed by atoms with Gasteiger partial charge in [0.25, 0.3) is 5.91 Å². The third kappa shape index (κ3) is 3.69. The maximum atomic E-state index is 12.4. The highest BCUT2D eigenvalue weighted by molar-refractivity contribution is 6.06. The van der Waals surface area contributed by atoms with E-state index >= 15 is 0 Å². The number of anilines is 2. The molecule has 124 valence electrons. The molecule has 3 rings (SSSR count). The lowest BCUT2D eigenvalue weighted by Gasteiger charge is -2.09. The highest BCUT2D eigenvalue weighted by Gasteiger charge is 2.15. The number of nitrogens with zero attached hydrogens (tertiary/aromatic N) is 2. The fourth-order valence-electron chi connectivity index (χ4n) is 2.31. The minimum atomic E-state index is -0.444. The van der Waals surface area contributed by atoms with Crippen LogP contribution in [0.5, 0.6) is 0 Å². The molecule has 0 aliphatic carbocycles. The fourth-order valence-corrected chi connectivity index (χ4v) is 2.31. The van der Waals surface area contributed by atoms with Crippen molar-refractivity contribution < 1.29 is 9.59 Å². The molecule has 0 bridgehead atoms. The van der Waals surface area contributed by atoms with E-state index in [0.717, 1.165) is 0 Å². The summed E-state index contributed by atoms with van der Waals surface area (Å²) in [6.07, 6.45) is 1.48. The Morgan fingerprint density at radius 1 is 1.04 bits per heavy atom. The average Bonchev–Trinajstić information content (AvgIpc) is 2.63. The Morgan fingerprint density at radius 3 is 2.52 bits per heavy atom. The number of aromatic nitrogens is 2. The maximum absolute atomic E-state index is 12.4. The Labute approximate surface area is 144 Å². The van der Waals surface area contributed by atoms with Gasteiger partial charge in [0.15, 0.2) is 17.3 Å². The van der Waals surface area contributed by atoms with E-state index in [9.17, 15) is 9.59 Å². The summed E-state index contributed by atoms with van der Waals surface area (Å²) in [4.78, 5) is 32.4. The van der Waals surface area contributed by atoms with E-state index < -0.39 is 5.91 Å². The van der Waals surface area contributed by atoms with Crippen LogP contribution in [-0.2, 0) is 0 Å². The predicted molar refractivity (Wildman–Crippen MR) is 96.3 cm³/mol. The topological polar surface area (TPSA) is 98.0 Å². The molecule has 0 aliphatic heterocycles. The SMILES string of the molecule is CC(=O)c1cccc(-c2cnc(N)c(C(=O)Nc3ccccc3)n2)c1. The predicted octanol–water partition coefficient (Wildman–Crippen LogP) is 3.18. The number of carbonyl (C=O) groups excluding carboxylic acids is 2. The maximum Gasteiger partial charge on any atom is 0.278 e. The summed E-state index contributed by atoms with van der Waals surface area (Å²) in [6, 6.07) is 16.0. The van der Waals surface area contributed by atoms with Crippen molar-refractivity contribution in [2.24, 2.45) is 0 Å². The van der Waals surface area contributed by atoms with Crippen LogP contribution in [-0.4, -0.2) is 21.7 Å². The first-order valence-corrected chi connectivity index (χ1v) is 7.65. The van der Waals surface area contributed by atoms with E-state index in [-0.39, 0.29) is 17.3 Å².